The fraction of sp³-hybridized carbons (Fsp3) is 0.250. The molecule has 9 nitrogen and oxygen atoms in total. The topological polar surface area (TPSA) is 102 Å². The number of carbonyl (C=O) groups excluding carboxylic acids is 2. The minimum Gasteiger partial charge on any atom is -0.493 e. The van der Waals surface area contributed by atoms with Crippen molar-refractivity contribution in [1.29, 1.82) is 0 Å². The van der Waals surface area contributed by atoms with Gasteiger partial charge in [0.05, 0.1) is 19.9 Å². The molecule has 0 saturated carbocycles. The van der Waals surface area contributed by atoms with Crippen LogP contribution >= 0.6 is 0 Å². The Morgan fingerprint density at radius 2 is 1.62 bits per heavy atom. The molecule has 9 heteroatoms. The Bertz CT molecular complexity index is 1470. The van der Waals surface area contributed by atoms with Crippen LogP contribution in [0.2, 0.25) is 0 Å². The van der Waals surface area contributed by atoms with E-state index in [2.05, 4.69) is 0 Å². The highest BCUT2D eigenvalue weighted by Gasteiger charge is 2.26. The van der Waals surface area contributed by atoms with Crippen molar-refractivity contribution < 1.29 is 38.0 Å². The van der Waals surface area contributed by atoms with E-state index in [1.807, 2.05) is 36.4 Å². The third-order valence-corrected chi connectivity index (χ3v) is 6.07. The van der Waals surface area contributed by atoms with Crippen molar-refractivity contribution in [2.24, 2.45) is 4.99 Å². The monoisotopic (exact) mass is 503 g/mol. The molecule has 190 valence electrons. The van der Waals surface area contributed by atoms with Crippen molar-refractivity contribution in [2.45, 2.75) is 20.3 Å². The summed E-state index contributed by atoms with van der Waals surface area (Å²) in [5.41, 5.74) is 4.06. The van der Waals surface area contributed by atoms with Crippen LogP contribution in [-0.4, -0.2) is 45.2 Å². The number of esters is 2. The van der Waals surface area contributed by atoms with Crippen molar-refractivity contribution in [3.05, 3.63) is 64.6 Å². The molecule has 0 saturated heterocycles. The number of hydrogen-bond acceptors (Lipinski definition) is 9. The highest BCUT2D eigenvalue weighted by atomic mass is 16.7. The molecule has 5 rings (SSSR count). The molecule has 3 aromatic rings. The van der Waals surface area contributed by atoms with Gasteiger partial charge in [-0.3, -0.25) is 14.6 Å². The molecule has 2 aliphatic rings. The van der Waals surface area contributed by atoms with E-state index in [9.17, 15) is 9.59 Å². The fourth-order valence-corrected chi connectivity index (χ4v) is 4.62. The van der Waals surface area contributed by atoms with Crippen molar-refractivity contribution in [3.63, 3.8) is 0 Å². The fourth-order valence-electron chi connectivity index (χ4n) is 4.62. The molecule has 2 aliphatic heterocycles. The van der Waals surface area contributed by atoms with Gasteiger partial charge in [-0.1, -0.05) is 6.07 Å². The molecule has 0 unspecified atom stereocenters. The second-order valence-electron chi connectivity index (χ2n) is 8.42. The van der Waals surface area contributed by atoms with E-state index in [-0.39, 0.29) is 12.7 Å². The molecule has 0 radical (unpaired) electrons. The molecular formula is C28H25NO8. The maximum Gasteiger partial charge on any atom is 0.310 e. The Hall–Kier alpha value is -4.53. The molecule has 3 aromatic carbocycles. The van der Waals surface area contributed by atoms with Crippen molar-refractivity contribution in [2.75, 3.05) is 27.6 Å². The average Bonchev–Trinajstić information content (AvgIpc) is 3.32. The summed E-state index contributed by atoms with van der Waals surface area (Å²) < 4.78 is 32.8. The largest absolute Gasteiger partial charge is 0.493 e. The van der Waals surface area contributed by atoms with E-state index in [0.717, 1.165) is 33.9 Å². The molecule has 0 spiro atoms. The van der Waals surface area contributed by atoms with E-state index >= 15 is 0 Å². The van der Waals surface area contributed by atoms with Crippen LogP contribution in [0.15, 0.2) is 47.3 Å². The first-order valence-electron chi connectivity index (χ1n) is 11.6. The molecule has 0 N–H and O–H groups in total. The van der Waals surface area contributed by atoms with Gasteiger partial charge in [0.15, 0.2) is 23.0 Å². The number of benzene rings is 3. The first-order valence-corrected chi connectivity index (χ1v) is 11.6. The van der Waals surface area contributed by atoms with Crippen LogP contribution in [0, 0.1) is 0 Å². The highest BCUT2D eigenvalue weighted by Crippen LogP contribution is 2.41. The lowest BCUT2D eigenvalue weighted by Gasteiger charge is -2.22. The Balaban J connectivity index is 1.79. The number of carbonyl (C=O) groups is 2. The zero-order valence-electron chi connectivity index (χ0n) is 20.9. The predicted molar refractivity (Wildman–Crippen MR) is 135 cm³/mol. The third kappa shape index (κ3) is 4.55. The zero-order valence-corrected chi connectivity index (χ0v) is 20.9. The van der Waals surface area contributed by atoms with E-state index in [4.69, 9.17) is 33.4 Å². The standard InChI is InChI=1S/C28H25NO8/c1-15(30)36-25(37-16(2)31)12-18-5-6-20-19(7-8-22(32-3)28(20)33-4)26(18)27-21-13-24-23(34-14-35-24)11-17(21)9-10-29-27/h5-8,11-13H,9-10,14H2,1-4H3. The van der Waals surface area contributed by atoms with Gasteiger partial charge >= 0.3 is 11.9 Å². The van der Waals surface area contributed by atoms with E-state index in [1.165, 1.54) is 19.9 Å². The van der Waals surface area contributed by atoms with Gasteiger partial charge in [-0.2, -0.15) is 0 Å². The van der Waals surface area contributed by atoms with Crippen LogP contribution in [0.25, 0.3) is 16.8 Å². The van der Waals surface area contributed by atoms with Gasteiger partial charge in [-0.25, -0.2) is 0 Å². The van der Waals surface area contributed by atoms with Gasteiger partial charge in [0, 0.05) is 43.0 Å². The number of nitrogens with zero attached hydrogens (tertiary/aromatic N) is 1. The van der Waals surface area contributed by atoms with Gasteiger partial charge < -0.3 is 28.4 Å². The predicted octanol–water partition coefficient (Wildman–Crippen LogP) is 4.40. The summed E-state index contributed by atoms with van der Waals surface area (Å²) in [4.78, 5) is 28.3. The Kier molecular flexibility index (Phi) is 6.43. The number of fused-ring (bicyclic) bond motifs is 3. The molecule has 0 fully saturated rings. The molecular weight excluding hydrogens is 478 g/mol. The zero-order chi connectivity index (χ0) is 26.1. The lowest BCUT2D eigenvalue weighted by Crippen LogP contribution is -2.16. The summed E-state index contributed by atoms with van der Waals surface area (Å²) in [6.45, 7) is 3.20. The van der Waals surface area contributed by atoms with Gasteiger partial charge in [0.25, 0.3) is 5.95 Å². The molecule has 0 atom stereocenters. The third-order valence-electron chi connectivity index (χ3n) is 6.07. The summed E-state index contributed by atoms with van der Waals surface area (Å²) in [5.74, 6) is 1.03. The first-order chi connectivity index (χ1) is 17.9. The van der Waals surface area contributed by atoms with Crippen LogP contribution in [0.1, 0.15) is 36.1 Å². The van der Waals surface area contributed by atoms with E-state index < -0.39 is 11.9 Å². The van der Waals surface area contributed by atoms with Crippen molar-refractivity contribution >= 4 is 34.5 Å². The minimum absolute atomic E-state index is 0.165. The SMILES string of the molecule is COc1ccc2c(C3=NCCc4cc5c(cc43)OCO5)c(C=C(OC(C)=O)OC(C)=O)ccc2c1OC. The molecule has 2 heterocycles. The Morgan fingerprint density at radius 3 is 2.30 bits per heavy atom. The minimum atomic E-state index is -0.616. The maximum absolute atomic E-state index is 11.7. The van der Waals surface area contributed by atoms with E-state index in [1.54, 1.807) is 14.2 Å². The smallest absolute Gasteiger partial charge is 0.310 e. The van der Waals surface area contributed by atoms with Crippen molar-refractivity contribution in [1.82, 2.24) is 0 Å². The highest BCUT2D eigenvalue weighted by molar-refractivity contribution is 6.23. The number of methoxy groups -OCH3 is 2. The molecule has 0 aromatic heterocycles. The van der Waals surface area contributed by atoms with E-state index in [0.29, 0.717) is 40.8 Å². The second-order valence-corrected chi connectivity index (χ2v) is 8.42. The van der Waals surface area contributed by atoms with Crippen LogP contribution in [-0.2, 0) is 25.5 Å². The summed E-state index contributed by atoms with van der Waals surface area (Å²) in [6, 6.07) is 11.4. The molecule has 0 bridgehead atoms. The van der Waals surface area contributed by atoms with Crippen molar-refractivity contribution in [3.8, 4) is 23.0 Å². The lowest BCUT2D eigenvalue weighted by molar-refractivity contribution is -0.150. The van der Waals surface area contributed by atoms with Gasteiger partial charge in [0.2, 0.25) is 6.79 Å². The first kappa shape index (κ1) is 24.2. The number of ether oxygens (including phenoxy) is 6. The van der Waals surface area contributed by atoms with Gasteiger partial charge in [-0.15, -0.1) is 0 Å². The second kappa shape index (κ2) is 9.85. The summed E-state index contributed by atoms with van der Waals surface area (Å²) >= 11 is 0. The summed E-state index contributed by atoms with van der Waals surface area (Å²) in [7, 11) is 3.16. The van der Waals surface area contributed by atoms with Gasteiger partial charge in [0.1, 0.15) is 0 Å². The number of aliphatic imine (C=N–C) groups is 1. The summed E-state index contributed by atoms with van der Waals surface area (Å²) in [6.07, 6.45) is 2.26. The number of hydrogen-bond donors (Lipinski definition) is 0. The maximum atomic E-state index is 11.7. The molecule has 0 aliphatic carbocycles. The quantitative estimate of drug-likeness (QED) is 0.360. The molecule has 0 amide bonds. The van der Waals surface area contributed by atoms with Crippen LogP contribution < -0.4 is 18.9 Å². The van der Waals surface area contributed by atoms with Gasteiger partial charge in [-0.05, 0) is 53.3 Å². The Morgan fingerprint density at radius 1 is 0.919 bits per heavy atom. The number of rotatable bonds is 6. The molecule has 37 heavy (non-hydrogen) atoms. The van der Waals surface area contributed by atoms with Crippen LogP contribution in [0.5, 0.6) is 23.0 Å². The Labute approximate surface area is 213 Å². The lowest BCUT2D eigenvalue weighted by atomic mass is 9.87. The summed E-state index contributed by atoms with van der Waals surface area (Å²) in [5, 5.41) is 1.62. The normalized spacial score (nSPS) is 13.4. The van der Waals surface area contributed by atoms with Crippen LogP contribution in [0.3, 0.4) is 0 Å². The van der Waals surface area contributed by atoms with Crippen LogP contribution in [0.4, 0.5) is 0 Å². The average molecular weight is 504 g/mol.